The number of carbonyl (C=O) groups is 3. The predicted molar refractivity (Wildman–Crippen MR) is 124 cm³/mol. The van der Waals surface area contributed by atoms with Gasteiger partial charge in [0.1, 0.15) is 11.5 Å². The van der Waals surface area contributed by atoms with Crippen molar-refractivity contribution in [1.29, 1.82) is 5.26 Å². The summed E-state index contributed by atoms with van der Waals surface area (Å²) in [5.74, 6) is -0.406. The fraction of sp³-hybridized carbons (Fsp3) is 0.520. The van der Waals surface area contributed by atoms with Crippen LogP contribution in [0.3, 0.4) is 0 Å². The molecular formula is C25H32N4O4. The van der Waals surface area contributed by atoms with Gasteiger partial charge in [-0.15, -0.1) is 0 Å². The van der Waals surface area contributed by atoms with Gasteiger partial charge >= 0.3 is 0 Å². The molecule has 3 rings (SSSR count). The topological polar surface area (TPSA) is 115 Å². The minimum atomic E-state index is -0.594. The summed E-state index contributed by atoms with van der Waals surface area (Å²) in [6.45, 7) is 4.15. The van der Waals surface area contributed by atoms with Crippen LogP contribution in [0.4, 0.5) is 0 Å². The Balaban J connectivity index is 1.70. The zero-order valence-corrected chi connectivity index (χ0v) is 19.5. The van der Waals surface area contributed by atoms with E-state index in [2.05, 4.69) is 10.4 Å². The molecule has 0 bridgehead atoms. The minimum Gasteiger partial charge on any atom is -0.496 e. The number of Topliss-reactive ketones (excluding diaryl/α,β-unsaturated/α-hetero) is 2. The molecule has 0 radical (unpaired) electrons. The van der Waals surface area contributed by atoms with Crippen molar-refractivity contribution in [1.82, 2.24) is 15.4 Å². The largest absolute Gasteiger partial charge is 0.496 e. The number of nitrogens with one attached hydrogen (secondary N) is 2. The Bertz CT molecular complexity index is 1050. The van der Waals surface area contributed by atoms with E-state index in [4.69, 9.17) is 4.74 Å². The molecule has 2 atom stereocenters. The van der Waals surface area contributed by atoms with Crippen LogP contribution in [0.1, 0.15) is 62.9 Å². The highest BCUT2D eigenvalue weighted by molar-refractivity contribution is 6.02. The lowest BCUT2D eigenvalue weighted by molar-refractivity contribution is -0.131. The Labute approximate surface area is 194 Å². The Morgan fingerprint density at radius 3 is 2.79 bits per heavy atom. The lowest BCUT2D eigenvalue weighted by Crippen LogP contribution is -2.46. The van der Waals surface area contributed by atoms with Crippen molar-refractivity contribution in [2.24, 2.45) is 17.8 Å². The number of fused-ring (bicyclic) bond motifs is 1. The second kappa shape index (κ2) is 11.0. The molecule has 33 heavy (non-hydrogen) atoms. The first-order chi connectivity index (χ1) is 15.8. The van der Waals surface area contributed by atoms with Crippen molar-refractivity contribution in [2.75, 3.05) is 13.7 Å². The van der Waals surface area contributed by atoms with Crippen molar-refractivity contribution in [3.63, 3.8) is 0 Å². The van der Waals surface area contributed by atoms with Crippen LogP contribution in [-0.4, -0.2) is 41.1 Å². The zero-order valence-electron chi connectivity index (χ0n) is 19.5. The van der Waals surface area contributed by atoms with E-state index in [1.165, 1.54) is 0 Å². The van der Waals surface area contributed by atoms with E-state index in [1.54, 1.807) is 13.2 Å². The number of amides is 1. The van der Waals surface area contributed by atoms with Crippen molar-refractivity contribution in [2.45, 2.75) is 52.4 Å². The second-order valence-electron chi connectivity index (χ2n) is 9.15. The van der Waals surface area contributed by atoms with Gasteiger partial charge in [0.2, 0.25) is 5.91 Å². The van der Waals surface area contributed by atoms with Crippen LogP contribution in [0.5, 0.6) is 5.75 Å². The SMILES string of the molecule is COc1cccc2[nH]c(C(=O)C[C@@H](CC(C)C)C(=O)NN(C#N)C[C@@H]3CCCCC3=O)cc12. The molecule has 0 spiro atoms. The Morgan fingerprint density at radius 1 is 1.33 bits per heavy atom. The molecule has 1 aliphatic carbocycles. The van der Waals surface area contributed by atoms with E-state index < -0.39 is 5.92 Å². The molecule has 0 aliphatic heterocycles. The van der Waals surface area contributed by atoms with Gasteiger partial charge in [0.15, 0.2) is 12.0 Å². The lowest BCUT2D eigenvalue weighted by Gasteiger charge is -2.27. The quantitative estimate of drug-likeness (QED) is 0.244. The number of hydrogen-bond donors (Lipinski definition) is 2. The first-order valence-electron chi connectivity index (χ1n) is 11.5. The van der Waals surface area contributed by atoms with Crippen molar-refractivity contribution in [3.05, 3.63) is 30.0 Å². The van der Waals surface area contributed by atoms with Crippen molar-refractivity contribution in [3.8, 4) is 11.9 Å². The normalized spacial score (nSPS) is 16.9. The lowest BCUT2D eigenvalue weighted by atomic mass is 9.88. The highest BCUT2D eigenvalue weighted by atomic mass is 16.5. The number of nitriles is 1. The van der Waals surface area contributed by atoms with Crippen LogP contribution in [0.15, 0.2) is 24.3 Å². The molecule has 1 fully saturated rings. The first-order valence-corrected chi connectivity index (χ1v) is 11.5. The summed E-state index contributed by atoms with van der Waals surface area (Å²) in [5.41, 5.74) is 3.85. The predicted octanol–water partition coefficient (Wildman–Crippen LogP) is 3.99. The van der Waals surface area contributed by atoms with E-state index in [9.17, 15) is 19.6 Å². The monoisotopic (exact) mass is 452 g/mol. The van der Waals surface area contributed by atoms with E-state index in [0.717, 1.165) is 35.2 Å². The molecule has 1 aromatic heterocycles. The molecule has 0 unspecified atom stereocenters. The summed E-state index contributed by atoms with van der Waals surface area (Å²) >= 11 is 0. The number of aromatic nitrogens is 1. The summed E-state index contributed by atoms with van der Waals surface area (Å²) in [6, 6.07) is 7.28. The Morgan fingerprint density at radius 2 is 2.12 bits per heavy atom. The van der Waals surface area contributed by atoms with Gasteiger partial charge in [-0.3, -0.25) is 19.8 Å². The number of hydrazine groups is 1. The van der Waals surface area contributed by atoms with Crippen LogP contribution in [0.2, 0.25) is 0 Å². The van der Waals surface area contributed by atoms with Crippen molar-refractivity contribution >= 4 is 28.4 Å². The third-order valence-corrected chi connectivity index (χ3v) is 6.15. The molecule has 0 saturated heterocycles. The first kappa shape index (κ1) is 24.3. The smallest absolute Gasteiger partial charge is 0.242 e. The van der Waals surface area contributed by atoms with Crippen LogP contribution >= 0.6 is 0 Å². The summed E-state index contributed by atoms with van der Waals surface area (Å²) in [6.07, 6.45) is 5.57. The highest BCUT2D eigenvalue weighted by Crippen LogP contribution is 2.28. The number of H-pyrrole nitrogens is 1. The molecule has 1 amide bonds. The average Bonchev–Trinajstić information content (AvgIpc) is 3.24. The highest BCUT2D eigenvalue weighted by Gasteiger charge is 2.29. The van der Waals surface area contributed by atoms with Gasteiger partial charge < -0.3 is 9.72 Å². The third-order valence-electron chi connectivity index (χ3n) is 6.15. The second-order valence-corrected chi connectivity index (χ2v) is 9.15. The molecule has 176 valence electrons. The van der Waals surface area contributed by atoms with Gasteiger partial charge in [-0.1, -0.05) is 26.3 Å². The molecule has 8 nitrogen and oxygen atoms in total. The van der Waals surface area contributed by atoms with Gasteiger partial charge in [-0.05, 0) is 43.4 Å². The van der Waals surface area contributed by atoms with Gasteiger partial charge in [0.05, 0.1) is 19.3 Å². The van der Waals surface area contributed by atoms with Gasteiger partial charge in [-0.25, -0.2) is 5.01 Å². The minimum absolute atomic E-state index is 0.0147. The molecule has 2 N–H and O–H groups in total. The van der Waals surface area contributed by atoms with Crippen LogP contribution in [0, 0.1) is 29.2 Å². The number of ether oxygens (including phenoxy) is 1. The van der Waals surface area contributed by atoms with E-state index in [0.29, 0.717) is 24.3 Å². The fourth-order valence-electron chi connectivity index (χ4n) is 4.45. The molecule has 1 aromatic carbocycles. The van der Waals surface area contributed by atoms with Gasteiger partial charge in [0.25, 0.3) is 0 Å². The number of ketones is 2. The van der Waals surface area contributed by atoms with Gasteiger partial charge in [0, 0.05) is 35.6 Å². The fourth-order valence-corrected chi connectivity index (χ4v) is 4.45. The number of carbonyl (C=O) groups excluding carboxylic acids is 3. The number of methoxy groups -OCH3 is 1. The number of hydrogen-bond acceptors (Lipinski definition) is 6. The molecule has 1 heterocycles. The van der Waals surface area contributed by atoms with Crippen molar-refractivity contribution < 1.29 is 19.1 Å². The van der Waals surface area contributed by atoms with Crippen LogP contribution in [-0.2, 0) is 9.59 Å². The number of aromatic amines is 1. The molecule has 1 saturated carbocycles. The molecule has 8 heteroatoms. The van der Waals surface area contributed by atoms with Crippen LogP contribution < -0.4 is 10.2 Å². The number of rotatable bonds is 10. The third kappa shape index (κ3) is 6.13. The van der Waals surface area contributed by atoms with Gasteiger partial charge in [-0.2, -0.15) is 5.26 Å². The Kier molecular flexibility index (Phi) is 8.10. The summed E-state index contributed by atoms with van der Waals surface area (Å²) in [7, 11) is 1.58. The van der Waals surface area contributed by atoms with E-state index in [1.807, 2.05) is 38.2 Å². The standard InChI is InChI=1S/C25H32N4O4/c1-16(2)11-18(25(32)28-29(15-26)14-17-7-4-5-9-22(17)30)12-23(31)21-13-19-20(27-21)8-6-10-24(19)33-3/h6,8,10,13,16-18,27H,4-5,7,9,11-12,14H2,1-3H3,(H,28,32)/t17-,18+/m0/s1. The zero-order chi connectivity index (χ0) is 24.0. The maximum Gasteiger partial charge on any atom is 0.242 e. The molecular weight excluding hydrogens is 420 g/mol. The summed E-state index contributed by atoms with van der Waals surface area (Å²) in [4.78, 5) is 41.3. The summed E-state index contributed by atoms with van der Waals surface area (Å²) in [5, 5.41) is 11.5. The average molecular weight is 453 g/mol. The number of benzene rings is 1. The molecule has 2 aromatic rings. The Hall–Kier alpha value is -3.34. The molecule has 1 aliphatic rings. The van der Waals surface area contributed by atoms with E-state index >= 15 is 0 Å². The van der Waals surface area contributed by atoms with E-state index in [-0.39, 0.29) is 42.3 Å². The maximum atomic E-state index is 13.1. The van der Waals surface area contributed by atoms with Crippen LogP contribution in [0.25, 0.3) is 10.9 Å². The summed E-state index contributed by atoms with van der Waals surface area (Å²) < 4.78 is 5.36. The number of nitrogens with zero attached hydrogens (tertiary/aromatic N) is 2. The maximum absolute atomic E-state index is 13.1.